The summed E-state index contributed by atoms with van der Waals surface area (Å²) >= 11 is 0. The molecule has 0 radical (unpaired) electrons. The normalized spacial score (nSPS) is 14.4. The number of benzene rings is 1. The van der Waals surface area contributed by atoms with Gasteiger partial charge in [0.1, 0.15) is 5.75 Å². The van der Waals surface area contributed by atoms with Crippen molar-refractivity contribution in [1.82, 2.24) is 5.32 Å². The van der Waals surface area contributed by atoms with Gasteiger partial charge in [-0.3, -0.25) is 0 Å². The van der Waals surface area contributed by atoms with Gasteiger partial charge in [-0.2, -0.15) is 0 Å². The van der Waals surface area contributed by atoms with E-state index < -0.39 is 0 Å². The number of para-hydroxylation sites is 1. The van der Waals surface area contributed by atoms with Crippen LogP contribution in [0.5, 0.6) is 5.75 Å². The van der Waals surface area contributed by atoms with Gasteiger partial charge in [0.15, 0.2) is 0 Å². The van der Waals surface area contributed by atoms with E-state index in [-0.39, 0.29) is 12.6 Å². The lowest BCUT2D eigenvalue weighted by molar-refractivity contribution is 0.236. The molecule has 0 spiro atoms. The molecule has 0 aliphatic carbocycles. The van der Waals surface area contributed by atoms with Gasteiger partial charge in [-0.15, -0.1) is 0 Å². The van der Waals surface area contributed by atoms with E-state index in [0.29, 0.717) is 18.6 Å². The molecule has 2 N–H and O–H groups in total. The number of rotatable bonds is 8. The minimum atomic E-state index is 0.210. The molecule has 0 heterocycles. The van der Waals surface area contributed by atoms with Crippen LogP contribution in [0.15, 0.2) is 24.3 Å². The zero-order valence-corrected chi connectivity index (χ0v) is 12.5. The van der Waals surface area contributed by atoms with E-state index in [1.165, 1.54) is 5.56 Å². The van der Waals surface area contributed by atoms with Crippen molar-refractivity contribution < 1.29 is 9.84 Å². The van der Waals surface area contributed by atoms with Crippen LogP contribution in [-0.4, -0.2) is 24.4 Å². The highest BCUT2D eigenvalue weighted by Gasteiger charge is 2.18. The highest BCUT2D eigenvalue weighted by atomic mass is 16.5. The molecule has 1 aromatic rings. The van der Waals surface area contributed by atoms with Crippen LogP contribution < -0.4 is 10.1 Å². The average molecular weight is 265 g/mol. The zero-order valence-electron chi connectivity index (χ0n) is 12.5. The molecule has 2 unspecified atom stereocenters. The van der Waals surface area contributed by atoms with Gasteiger partial charge in [-0.05, 0) is 32.3 Å². The summed E-state index contributed by atoms with van der Waals surface area (Å²) in [6, 6.07) is 8.66. The summed E-state index contributed by atoms with van der Waals surface area (Å²) in [6.45, 7) is 9.38. The van der Waals surface area contributed by atoms with E-state index in [9.17, 15) is 0 Å². The predicted octanol–water partition coefficient (Wildman–Crippen LogP) is 3.14. The highest BCUT2D eigenvalue weighted by molar-refractivity contribution is 5.35. The second-order valence-corrected chi connectivity index (χ2v) is 5.22. The predicted molar refractivity (Wildman–Crippen MR) is 79.5 cm³/mol. The summed E-state index contributed by atoms with van der Waals surface area (Å²) in [5.74, 6) is 1.44. The van der Waals surface area contributed by atoms with Gasteiger partial charge < -0.3 is 15.2 Å². The van der Waals surface area contributed by atoms with E-state index in [4.69, 9.17) is 9.84 Å². The Morgan fingerprint density at radius 2 is 1.89 bits per heavy atom. The topological polar surface area (TPSA) is 41.5 Å². The van der Waals surface area contributed by atoms with Gasteiger partial charge in [-0.25, -0.2) is 0 Å². The Hall–Kier alpha value is -1.06. The lowest BCUT2D eigenvalue weighted by Crippen LogP contribution is -2.36. The van der Waals surface area contributed by atoms with Crippen molar-refractivity contribution in [3.63, 3.8) is 0 Å². The lowest BCUT2D eigenvalue weighted by atomic mass is 9.98. The van der Waals surface area contributed by atoms with Crippen LogP contribution in [0, 0.1) is 5.92 Å². The molecule has 108 valence electrons. The average Bonchev–Trinajstić information content (AvgIpc) is 2.39. The largest absolute Gasteiger partial charge is 0.494 e. The summed E-state index contributed by atoms with van der Waals surface area (Å²) in [5.41, 5.74) is 1.17. The van der Waals surface area contributed by atoms with Crippen LogP contribution in [0.25, 0.3) is 0 Å². The first-order valence-electron chi connectivity index (χ1n) is 7.18. The van der Waals surface area contributed by atoms with Crippen molar-refractivity contribution in [2.45, 2.75) is 46.2 Å². The summed E-state index contributed by atoms with van der Waals surface area (Å²) in [7, 11) is 0. The maximum absolute atomic E-state index is 9.14. The summed E-state index contributed by atoms with van der Waals surface area (Å²) in [6.07, 6.45) is 0.777. The first kappa shape index (κ1) is 16.0. The molecule has 0 aliphatic heterocycles. The molecular formula is C16H27NO2. The second-order valence-electron chi connectivity index (χ2n) is 5.22. The molecule has 2 atom stereocenters. The first-order valence-corrected chi connectivity index (χ1v) is 7.18. The van der Waals surface area contributed by atoms with Crippen molar-refractivity contribution >= 4 is 0 Å². The van der Waals surface area contributed by atoms with Crippen molar-refractivity contribution in [2.24, 2.45) is 5.92 Å². The summed E-state index contributed by atoms with van der Waals surface area (Å²) in [4.78, 5) is 0. The molecule has 0 saturated heterocycles. The van der Waals surface area contributed by atoms with Crippen LogP contribution in [0.2, 0.25) is 0 Å². The molecule has 3 nitrogen and oxygen atoms in total. The third-order valence-electron chi connectivity index (χ3n) is 3.39. The third-order valence-corrected chi connectivity index (χ3v) is 3.39. The fourth-order valence-corrected chi connectivity index (χ4v) is 2.28. The molecule has 1 aromatic carbocycles. The fourth-order valence-electron chi connectivity index (χ4n) is 2.28. The Morgan fingerprint density at radius 1 is 1.21 bits per heavy atom. The molecular weight excluding hydrogens is 238 g/mol. The molecule has 0 amide bonds. The van der Waals surface area contributed by atoms with Crippen LogP contribution in [0.3, 0.4) is 0 Å². The molecule has 0 aliphatic rings. The lowest BCUT2D eigenvalue weighted by Gasteiger charge is -2.27. The molecule has 0 aromatic heterocycles. The standard InChI is InChI=1S/C16H27NO2/c1-5-19-16-9-7-6-8-14(16)13(4)17-15(10-11-18)12(2)3/h6-9,12-13,15,17-18H,5,10-11H2,1-4H3. The van der Waals surface area contributed by atoms with Crippen molar-refractivity contribution in [3.05, 3.63) is 29.8 Å². The Labute approximate surface area is 117 Å². The Balaban J connectivity index is 2.78. The quantitative estimate of drug-likeness (QED) is 0.758. The molecule has 19 heavy (non-hydrogen) atoms. The Kier molecular flexibility index (Phi) is 6.89. The maximum Gasteiger partial charge on any atom is 0.124 e. The number of ether oxygens (including phenoxy) is 1. The number of hydrogen-bond donors (Lipinski definition) is 2. The van der Waals surface area contributed by atoms with E-state index in [1.807, 2.05) is 25.1 Å². The maximum atomic E-state index is 9.14. The van der Waals surface area contributed by atoms with Gasteiger partial charge in [0.25, 0.3) is 0 Å². The molecule has 0 fully saturated rings. The van der Waals surface area contributed by atoms with Gasteiger partial charge in [0.05, 0.1) is 6.61 Å². The minimum Gasteiger partial charge on any atom is -0.494 e. The monoisotopic (exact) mass is 265 g/mol. The third kappa shape index (κ3) is 4.84. The number of aliphatic hydroxyl groups excluding tert-OH is 1. The van der Waals surface area contributed by atoms with Gasteiger partial charge >= 0.3 is 0 Å². The van der Waals surface area contributed by atoms with Crippen molar-refractivity contribution in [1.29, 1.82) is 0 Å². The van der Waals surface area contributed by atoms with E-state index in [1.54, 1.807) is 0 Å². The fraction of sp³-hybridized carbons (Fsp3) is 0.625. The molecule has 0 bridgehead atoms. The molecule has 1 rings (SSSR count). The number of hydrogen-bond acceptors (Lipinski definition) is 3. The zero-order chi connectivity index (χ0) is 14.3. The SMILES string of the molecule is CCOc1ccccc1C(C)NC(CCO)C(C)C. The van der Waals surface area contributed by atoms with Crippen molar-refractivity contribution in [2.75, 3.05) is 13.2 Å². The van der Waals surface area contributed by atoms with E-state index in [0.717, 1.165) is 12.2 Å². The van der Waals surface area contributed by atoms with E-state index >= 15 is 0 Å². The van der Waals surface area contributed by atoms with Crippen LogP contribution in [0.1, 0.15) is 45.7 Å². The van der Waals surface area contributed by atoms with Crippen LogP contribution in [0.4, 0.5) is 0 Å². The van der Waals surface area contributed by atoms with Crippen LogP contribution in [-0.2, 0) is 0 Å². The van der Waals surface area contributed by atoms with Crippen molar-refractivity contribution in [3.8, 4) is 5.75 Å². The van der Waals surface area contributed by atoms with Crippen LogP contribution >= 0.6 is 0 Å². The smallest absolute Gasteiger partial charge is 0.124 e. The van der Waals surface area contributed by atoms with Gasteiger partial charge in [0, 0.05) is 24.3 Å². The molecule has 0 saturated carbocycles. The Bertz CT molecular complexity index is 366. The highest BCUT2D eigenvalue weighted by Crippen LogP contribution is 2.26. The summed E-state index contributed by atoms with van der Waals surface area (Å²) in [5, 5.41) is 12.7. The summed E-state index contributed by atoms with van der Waals surface area (Å²) < 4.78 is 5.67. The number of nitrogens with one attached hydrogen (secondary N) is 1. The minimum absolute atomic E-state index is 0.210. The second kappa shape index (κ2) is 8.18. The first-order chi connectivity index (χ1) is 9.10. The Morgan fingerprint density at radius 3 is 2.47 bits per heavy atom. The molecule has 3 heteroatoms. The van der Waals surface area contributed by atoms with Gasteiger partial charge in [-0.1, -0.05) is 32.0 Å². The van der Waals surface area contributed by atoms with Gasteiger partial charge in [0.2, 0.25) is 0 Å². The van der Waals surface area contributed by atoms with E-state index in [2.05, 4.69) is 32.2 Å². The number of aliphatic hydroxyl groups is 1.